The summed E-state index contributed by atoms with van der Waals surface area (Å²) >= 11 is 0. The zero-order valence-electron chi connectivity index (χ0n) is 12.9. The van der Waals surface area contributed by atoms with Gasteiger partial charge in [0.15, 0.2) is 5.78 Å². The third-order valence-electron chi connectivity index (χ3n) is 5.10. The van der Waals surface area contributed by atoms with E-state index in [1.54, 1.807) is 0 Å². The van der Waals surface area contributed by atoms with Crippen LogP contribution in [0.1, 0.15) is 39.0 Å². The molecule has 0 aromatic carbocycles. The molecule has 3 aliphatic rings. The van der Waals surface area contributed by atoms with Crippen molar-refractivity contribution >= 4 is 5.78 Å². The van der Waals surface area contributed by atoms with E-state index in [0.29, 0.717) is 45.9 Å². The molecule has 0 radical (unpaired) electrons. The molecule has 5 nitrogen and oxygen atoms in total. The van der Waals surface area contributed by atoms with Crippen LogP contribution in [0.15, 0.2) is 0 Å². The van der Waals surface area contributed by atoms with E-state index in [1.807, 2.05) is 6.92 Å². The molecule has 0 bridgehead atoms. The van der Waals surface area contributed by atoms with E-state index in [4.69, 9.17) is 18.9 Å². The van der Waals surface area contributed by atoms with Gasteiger partial charge in [-0.2, -0.15) is 0 Å². The number of rotatable bonds is 4. The van der Waals surface area contributed by atoms with E-state index in [1.165, 1.54) is 0 Å². The van der Waals surface area contributed by atoms with E-state index < -0.39 is 5.60 Å². The fourth-order valence-corrected chi connectivity index (χ4v) is 3.93. The van der Waals surface area contributed by atoms with Crippen LogP contribution in [0.3, 0.4) is 0 Å². The van der Waals surface area contributed by atoms with Crippen LogP contribution in [0, 0.1) is 5.92 Å². The molecular weight excluding hydrogens is 272 g/mol. The number of carbonyl (C=O) groups excluding carboxylic acids is 1. The summed E-state index contributed by atoms with van der Waals surface area (Å²) in [5.74, 6) is 0.298. The van der Waals surface area contributed by atoms with Crippen LogP contribution in [0.25, 0.3) is 0 Å². The second-order valence-electron chi connectivity index (χ2n) is 6.43. The Kier molecular flexibility index (Phi) is 4.64. The summed E-state index contributed by atoms with van der Waals surface area (Å²) in [7, 11) is 0. The van der Waals surface area contributed by atoms with E-state index in [2.05, 4.69) is 0 Å². The molecule has 3 fully saturated rings. The van der Waals surface area contributed by atoms with E-state index in [-0.39, 0.29) is 17.3 Å². The Labute approximate surface area is 126 Å². The molecule has 120 valence electrons. The van der Waals surface area contributed by atoms with Crippen LogP contribution in [0.4, 0.5) is 0 Å². The molecule has 3 heterocycles. The monoisotopic (exact) mass is 298 g/mol. The lowest BCUT2D eigenvalue weighted by Gasteiger charge is -2.42. The van der Waals surface area contributed by atoms with Gasteiger partial charge in [0, 0.05) is 58.2 Å². The first kappa shape index (κ1) is 15.4. The number of hydrogen-bond donors (Lipinski definition) is 0. The fourth-order valence-electron chi connectivity index (χ4n) is 3.93. The third kappa shape index (κ3) is 3.02. The summed E-state index contributed by atoms with van der Waals surface area (Å²) in [4.78, 5) is 13.1. The molecule has 0 saturated carbocycles. The number of carbonyl (C=O) groups is 1. The van der Waals surface area contributed by atoms with Crippen molar-refractivity contribution in [3.63, 3.8) is 0 Å². The number of ether oxygens (including phenoxy) is 4. The van der Waals surface area contributed by atoms with Crippen molar-refractivity contribution in [2.24, 2.45) is 5.92 Å². The SMILES string of the molecule is CCOC1(C(=O)C2CCOC3(CCOC3)C2)CCOCC1. The minimum absolute atomic E-state index is 0.0325. The van der Waals surface area contributed by atoms with Crippen LogP contribution in [0.5, 0.6) is 0 Å². The maximum absolute atomic E-state index is 13.1. The maximum Gasteiger partial charge on any atom is 0.168 e. The van der Waals surface area contributed by atoms with Gasteiger partial charge in [-0.3, -0.25) is 4.79 Å². The van der Waals surface area contributed by atoms with Gasteiger partial charge in [0.1, 0.15) is 5.60 Å². The van der Waals surface area contributed by atoms with E-state index in [9.17, 15) is 4.79 Å². The van der Waals surface area contributed by atoms with Crippen molar-refractivity contribution in [1.29, 1.82) is 0 Å². The fraction of sp³-hybridized carbons (Fsp3) is 0.938. The van der Waals surface area contributed by atoms with Crippen molar-refractivity contribution in [2.75, 3.05) is 39.6 Å². The smallest absolute Gasteiger partial charge is 0.168 e. The normalized spacial score (nSPS) is 36.0. The Bertz CT molecular complexity index is 363. The second kappa shape index (κ2) is 6.32. The Hall–Kier alpha value is -0.490. The Balaban J connectivity index is 1.72. The highest BCUT2D eigenvalue weighted by atomic mass is 16.6. The van der Waals surface area contributed by atoms with E-state index >= 15 is 0 Å². The molecule has 21 heavy (non-hydrogen) atoms. The lowest BCUT2D eigenvalue weighted by molar-refractivity contribution is -0.170. The van der Waals surface area contributed by atoms with Crippen LogP contribution in [-0.4, -0.2) is 56.6 Å². The molecular formula is C16H26O5. The Morgan fingerprint density at radius 3 is 2.57 bits per heavy atom. The number of Topliss-reactive ketones (excluding diaryl/α,β-unsaturated/α-hetero) is 1. The minimum Gasteiger partial charge on any atom is -0.381 e. The van der Waals surface area contributed by atoms with Gasteiger partial charge in [0.25, 0.3) is 0 Å². The van der Waals surface area contributed by atoms with Crippen molar-refractivity contribution in [3.05, 3.63) is 0 Å². The summed E-state index contributed by atoms with van der Waals surface area (Å²) in [5, 5.41) is 0. The Morgan fingerprint density at radius 2 is 1.90 bits per heavy atom. The molecule has 0 aromatic heterocycles. The van der Waals surface area contributed by atoms with Gasteiger partial charge < -0.3 is 18.9 Å². The summed E-state index contributed by atoms with van der Waals surface area (Å²) < 4.78 is 22.8. The minimum atomic E-state index is -0.629. The van der Waals surface area contributed by atoms with Crippen LogP contribution >= 0.6 is 0 Å². The highest BCUT2D eigenvalue weighted by Crippen LogP contribution is 2.40. The van der Waals surface area contributed by atoms with Gasteiger partial charge in [-0.1, -0.05) is 0 Å². The maximum atomic E-state index is 13.1. The highest BCUT2D eigenvalue weighted by Gasteiger charge is 2.49. The van der Waals surface area contributed by atoms with Crippen LogP contribution in [0.2, 0.25) is 0 Å². The molecule has 0 aliphatic carbocycles. The molecule has 3 aliphatic heterocycles. The highest BCUT2D eigenvalue weighted by molar-refractivity contribution is 5.89. The number of ketones is 1. The third-order valence-corrected chi connectivity index (χ3v) is 5.10. The molecule has 2 unspecified atom stereocenters. The summed E-state index contributed by atoms with van der Waals surface area (Å²) in [6, 6.07) is 0. The average Bonchev–Trinajstić information content (AvgIpc) is 2.95. The average molecular weight is 298 g/mol. The van der Waals surface area contributed by atoms with Gasteiger partial charge in [0.05, 0.1) is 12.2 Å². The molecule has 0 amide bonds. The second-order valence-corrected chi connectivity index (χ2v) is 6.43. The predicted octanol–water partition coefficient (Wildman–Crippen LogP) is 1.73. The van der Waals surface area contributed by atoms with Gasteiger partial charge in [-0.05, 0) is 19.8 Å². The molecule has 2 atom stereocenters. The molecule has 3 saturated heterocycles. The van der Waals surface area contributed by atoms with Gasteiger partial charge >= 0.3 is 0 Å². The Morgan fingerprint density at radius 1 is 1.14 bits per heavy atom. The summed E-state index contributed by atoms with van der Waals surface area (Å²) in [6.07, 6.45) is 3.85. The molecule has 5 heteroatoms. The van der Waals surface area contributed by atoms with Crippen molar-refractivity contribution in [3.8, 4) is 0 Å². The van der Waals surface area contributed by atoms with E-state index in [0.717, 1.165) is 25.9 Å². The molecule has 3 rings (SSSR count). The van der Waals surface area contributed by atoms with Crippen molar-refractivity contribution < 1.29 is 23.7 Å². The van der Waals surface area contributed by atoms with Gasteiger partial charge in [0.2, 0.25) is 0 Å². The first-order valence-corrected chi connectivity index (χ1v) is 8.17. The topological polar surface area (TPSA) is 54.0 Å². The van der Waals surface area contributed by atoms with Gasteiger partial charge in [-0.25, -0.2) is 0 Å². The summed E-state index contributed by atoms with van der Waals surface area (Å²) in [5.41, 5.74) is -0.854. The van der Waals surface area contributed by atoms with Crippen molar-refractivity contribution in [1.82, 2.24) is 0 Å². The van der Waals surface area contributed by atoms with Gasteiger partial charge in [-0.15, -0.1) is 0 Å². The predicted molar refractivity (Wildman–Crippen MR) is 76.3 cm³/mol. The lowest BCUT2D eigenvalue weighted by Crippen LogP contribution is -2.52. The summed E-state index contributed by atoms with van der Waals surface area (Å²) in [6.45, 7) is 5.78. The van der Waals surface area contributed by atoms with Crippen LogP contribution in [-0.2, 0) is 23.7 Å². The standard InChI is InChI=1S/C16H26O5/c1-2-20-16(5-9-18-10-6-16)14(17)13-3-7-21-15(11-13)4-8-19-12-15/h13H,2-12H2,1H3. The van der Waals surface area contributed by atoms with Crippen LogP contribution < -0.4 is 0 Å². The lowest BCUT2D eigenvalue weighted by atomic mass is 9.75. The molecule has 1 spiro atoms. The van der Waals surface area contributed by atoms with Crippen molar-refractivity contribution in [2.45, 2.75) is 50.2 Å². The molecule has 0 N–H and O–H groups in total. The first-order valence-electron chi connectivity index (χ1n) is 8.17. The quantitative estimate of drug-likeness (QED) is 0.791. The zero-order chi connectivity index (χ0) is 14.8. The largest absolute Gasteiger partial charge is 0.381 e. The zero-order valence-corrected chi connectivity index (χ0v) is 12.9. The first-order chi connectivity index (χ1) is 10.2. The molecule has 0 aromatic rings. The number of hydrogen-bond acceptors (Lipinski definition) is 5.